The van der Waals surface area contributed by atoms with Crippen LogP contribution in [-0.2, 0) is 6.54 Å². The van der Waals surface area contributed by atoms with Gasteiger partial charge < -0.3 is 15.8 Å². The molecule has 0 aliphatic carbocycles. The highest BCUT2D eigenvalue weighted by molar-refractivity contribution is 5.54. The van der Waals surface area contributed by atoms with Gasteiger partial charge in [-0.05, 0) is 50.7 Å². The third-order valence-corrected chi connectivity index (χ3v) is 4.15. The summed E-state index contributed by atoms with van der Waals surface area (Å²) in [4.78, 5) is 15.0. The smallest absolute Gasteiger partial charge is 0.232 e. The fourth-order valence-electron chi connectivity index (χ4n) is 2.68. The molecule has 7 nitrogen and oxygen atoms in total. The van der Waals surface area contributed by atoms with E-state index in [1.807, 2.05) is 69.4 Å². The molecule has 0 radical (unpaired) electrons. The normalized spacial score (nSPS) is 10.9. The van der Waals surface area contributed by atoms with Crippen molar-refractivity contribution in [1.82, 2.24) is 19.9 Å². The fraction of sp³-hybridized carbons (Fsp3) is 0.286. The molecule has 0 amide bonds. The van der Waals surface area contributed by atoms with Crippen molar-refractivity contribution < 1.29 is 4.74 Å². The summed E-state index contributed by atoms with van der Waals surface area (Å²) >= 11 is 0. The second-order valence-corrected chi connectivity index (χ2v) is 6.83. The minimum absolute atomic E-state index is 0.198. The van der Waals surface area contributed by atoms with Gasteiger partial charge in [0, 0.05) is 12.2 Å². The molecule has 3 rings (SSSR count). The first-order valence-corrected chi connectivity index (χ1v) is 9.20. The first kappa shape index (κ1) is 19.6. The van der Waals surface area contributed by atoms with E-state index in [9.17, 15) is 0 Å². The lowest BCUT2D eigenvalue weighted by atomic mass is 10.2. The van der Waals surface area contributed by atoms with E-state index in [1.165, 1.54) is 11.1 Å². The number of aryl methyl sites for hydroxylation is 2. The fourth-order valence-corrected chi connectivity index (χ4v) is 2.68. The average Bonchev–Trinajstić information content (AvgIpc) is 2.63. The second kappa shape index (κ2) is 9.14. The molecule has 0 fully saturated rings. The number of benzene rings is 2. The summed E-state index contributed by atoms with van der Waals surface area (Å²) < 4.78 is 5.80. The van der Waals surface area contributed by atoms with Crippen molar-refractivity contribution in [2.75, 3.05) is 31.2 Å². The topological polar surface area (TPSA) is 89.2 Å². The van der Waals surface area contributed by atoms with Crippen molar-refractivity contribution in [3.8, 4) is 5.75 Å². The van der Waals surface area contributed by atoms with E-state index in [1.54, 1.807) is 0 Å². The van der Waals surface area contributed by atoms with Crippen LogP contribution in [0.4, 0.5) is 17.6 Å². The third-order valence-electron chi connectivity index (χ3n) is 4.15. The van der Waals surface area contributed by atoms with Crippen LogP contribution in [0.15, 0.2) is 48.5 Å². The van der Waals surface area contributed by atoms with Crippen LogP contribution in [0.2, 0.25) is 0 Å². The van der Waals surface area contributed by atoms with E-state index >= 15 is 0 Å². The second-order valence-electron chi connectivity index (χ2n) is 6.83. The number of nitrogens with two attached hydrogens (primary N) is 1. The third kappa shape index (κ3) is 5.92. The number of nitrogens with one attached hydrogen (secondary N) is 1. The van der Waals surface area contributed by atoms with E-state index in [0.29, 0.717) is 24.9 Å². The minimum atomic E-state index is 0.198. The molecule has 7 heteroatoms. The summed E-state index contributed by atoms with van der Waals surface area (Å²) in [5.41, 5.74) is 9.13. The van der Waals surface area contributed by atoms with Crippen molar-refractivity contribution in [1.29, 1.82) is 0 Å². The first-order valence-electron chi connectivity index (χ1n) is 9.20. The van der Waals surface area contributed by atoms with Crippen LogP contribution >= 0.6 is 0 Å². The zero-order chi connectivity index (χ0) is 19.9. The summed E-state index contributed by atoms with van der Waals surface area (Å²) in [5.74, 6) is 2.13. The molecule has 0 aliphatic heterocycles. The summed E-state index contributed by atoms with van der Waals surface area (Å²) in [7, 11) is 1.99. The van der Waals surface area contributed by atoms with Crippen LogP contribution in [0, 0.1) is 13.8 Å². The van der Waals surface area contributed by atoms with Crippen molar-refractivity contribution in [3.05, 3.63) is 65.5 Å². The number of hydrogen-bond donors (Lipinski definition) is 2. The molecule has 1 heterocycles. The van der Waals surface area contributed by atoms with Crippen molar-refractivity contribution >= 4 is 17.6 Å². The first-order chi connectivity index (χ1) is 13.5. The molecule has 0 bridgehead atoms. The SMILES string of the molecule is Cc1ccc(Nc2nc(N)nc(CN(C)CCOc3cccc(C)c3)n2)cc1. The Morgan fingerprint density at radius 2 is 1.79 bits per heavy atom. The number of hydrogen-bond acceptors (Lipinski definition) is 7. The van der Waals surface area contributed by atoms with Crippen molar-refractivity contribution in [3.63, 3.8) is 0 Å². The predicted octanol–water partition coefficient (Wildman–Crippen LogP) is 3.33. The minimum Gasteiger partial charge on any atom is -0.492 e. The monoisotopic (exact) mass is 378 g/mol. The molecular weight excluding hydrogens is 352 g/mol. The Bertz CT molecular complexity index is 913. The maximum absolute atomic E-state index is 5.86. The Balaban J connectivity index is 1.55. The number of rotatable bonds is 8. The molecule has 28 heavy (non-hydrogen) atoms. The molecule has 0 saturated carbocycles. The highest BCUT2D eigenvalue weighted by Crippen LogP contribution is 2.15. The Kier molecular flexibility index (Phi) is 6.39. The molecule has 3 N–H and O–H groups in total. The number of aromatic nitrogens is 3. The number of anilines is 3. The van der Waals surface area contributed by atoms with E-state index < -0.39 is 0 Å². The number of likely N-dealkylation sites (N-methyl/N-ethyl adjacent to an activating group) is 1. The number of nitrogens with zero attached hydrogens (tertiary/aromatic N) is 4. The van der Waals surface area contributed by atoms with Gasteiger partial charge in [-0.15, -0.1) is 0 Å². The molecule has 2 aromatic carbocycles. The Labute approximate surface area is 165 Å². The van der Waals surface area contributed by atoms with Gasteiger partial charge in [0.2, 0.25) is 11.9 Å². The lowest BCUT2D eigenvalue weighted by molar-refractivity contribution is 0.229. The maximum atomic E-state index is 5.86. The Hall–Kier alpha value is -3.19. The molecule has 3 aromatic rings. The molecular formula is C21H26N6O. The highest BCUT2D eigenvalue weighted by atomic mass is 16.5. The molecule has 1 aromatic heterocycles. The summed E-state index contributed by atoms with van der Waals surface area (Å²) in [5, 5.41) is 3.17. The van der Waals surface area contributed by atoms with E-state index in [0.717, 1.165) is 18.0 Å². The number of nitrogen functional groups attached to an aromatic ring is 1. The van der Waals surface area contributed by atoms with Gasteiger partial charge in [-0.2, -0.15) is 15.0 Å². The van der Waals surface area contributed by atoms with Crippen LogP contribution < -0.4 is 15.8 Å². The maximum Gasteiger partial charge on any atom is 0.232 e. The lowest BCUT2D eigenvalue weighted by Crippen LogP contribution is -2.25. The van der Waals surface area contributed by atoms with Crippen LogP contribution in [0.3, 0.4) is 0 Å². The van der Waals surface area contributed by atoms with Gasteiger partial charge in [0.05, 0.1) is 6.54 Å². The zero-order valence-electron chi connectivity index (χ0n) is 16.5. The Morgan fingerprint density at radius 1 is 1.00 bits per heavy atom. The average molecular weight is 378 g/mol. The molecule has 0 aliphatic rings. The summed E-state index contributed by atoms with van der Waals surface area (Å²) in [6, 6.07) is 16.0. The zero-order valence-corrected chi connectivity index (χ0v) is 16.5. The van der Waals surface area contributed by atoms with Gasteiger partial charge in [0.25, 0.3) is 0 Å². The van der Waals surface area contributed by atoms with Crippen molar-refractivity contribution in [2.45, 2.75) is 20.4 Å². The van der Waals surface area contributed by atoms with Gasteiger partial charge in [-0.25, -0.2) is 0 Å². The van der Waals surface area contributed by atoms with Crippen LogP contribution in [0.25, 0.3) is 0 Å². The van der Waals surface area contributed by atoms with Gasteiger partial charge in [0.15, 0.2) is 0 Å². The van der Waals surface area contributed by atoms with Crippen LogP contribution in [0.1, 0.15) is 17.0 Å². The van der Waals surface area contributed by atoms with E-state index in [2.05, 4.69) is 25.2 Å². The molecule has 146 valence electrons. The Morgan fingerprint density at radius 3 is 2.54 bits per heavy atom. The van der Waals surface area contributed by atoms with Gasteiger partial charge >= 0.3 is 0 Å². The van der Waals surface area contributed by atoms with Crippen LogP contribution in [0.5, 0.6) is 5.75 Å². The van der Waals surface area contributed by atoms with Gasteiger partial charge in [-0.3, -0.25) is 4.90 Å². The molecule has 0 atom stereocenters. The van der Waals surface area contributed by atoms with Crippen molar-refractivity contribution in [2.24, 2.45) is 0 Å². The molecule has 0 unspecified atom stereocenters. The summed E-state index contributed by atoms with van der Waals surface area (Å²) in [6.07, 6.45) is 0. The van der Waals surface area contributed by atoms with Gasteiger partial charge in [-0.1, -0.05) is 29.8 Å². The summed E-state index contributed by atoms with van der Waals surface area (Å²) in [6.45, 7) is 5.95. The van der Waals surface area contributed by atoms with Crippen LogP contribution in [-0.4, -0.2) is 40.1 Å². The molecule has 0 saturated heterocycles. The lowest BCUT2D eigenvalue weighted by Gasteiger charge is -2.16. The number of ether oxygens (including phenoxy) is 1. The van der Waals surface area contributed by atoms with E-state index in [4.69, 9.17) is 10.5 Å². The largest absolute Gasteiger partial charge is 0.492 e. The van der Waals surface area contributed by atoms with Gasteiger partial charge in [0.1, 0.15) is 18.2 Å². The molecule has 0 spiro atoms. The van der Waals surface area contributed by atoms with E-state index in [-0.39, 0.29) is 5.95 Å². The predicted molar refractivity (Wildman–Crippen MR) is 112 cm³/mol. The highest BCUT2D eigenvalue weighted by Gasteiger charge is 2.08. The quantitative estimate of drug-likeness (QED) is 0.621. The standard InChI is InChI=1S/C21H26N6O/c1-15-7-9-17(10-8-15)23-21-25-19(24-20(22)26-21)14-27(3)11-12-28-18-6-4-5-16(2)13-18/h4-10,13H,11-12,14H2,1-3H3,(H3,22,23,24,25,26).